The van der Waals surface area contributed by atoms with Crippen molar-refractivity contribution in [1.82, 2.24) is 0 Å². The van der Waals surface area contributed by atoms with Gasteiger partial charge in [0.2, 0.25) is 0 Å². The van der Waals surface area contributed by atoms with E-state index in [0.717, 1.165) is 42.7 Å². The third-order valence-corrected chi connectivity index (χ3v) is 4.56. The molecule has 2 rings (SSSR count). The SMILES string of the molecule is CCCCC[C@@](C)(OCC)C(=O)Nc1ccc(OCc2ccccc2)cc1. The van der Waals surface area contributed by atoms with Gasteiger partial charge in [-0.1, -0.05) is 56.5 Å². The Morgan fingerprint density at radius 3 is 2.33 bits per heavy atom. The quantitative estimate of drug-likeness (QED) is 0.526. The van der Waals surface area contributed by atoms with Crippen LogP contribution in [0.15, 0.2) is 54.6 Å². The van der Waals surface area contributed by atoms with E-state index in [4.69, 9.17) is 9.47 Å². The Morgan fingerprint density at radius 1 is 1.00 bits per heavy atom. The lowest BCUT2D eigenvalue weighted by molar-refractivity contribution is -0.139. The predicted molar refractivity (Wildman–Crippen MR) is 110 cm³/mol. The zero-order valence-corrected chi connectivity index (χ0v) is 16.7. The van der Waals surface area contributed by atoms with E-state index in [-0.39, 0.29) is 5.91 Å². The highest BCUT2D eigenvalue weighted by atomic mass is 16.5. The molecule has 0 radical (unpaired) electrons. The van der Waals surface area contributed by atoms with Crippen molar-refractivity contribution in [3.8, 4) is 5.75 Å². The molecule has 0 saturated carbocycles. The molecular formula is C23H31NO3. The first-order valence-corrected chi connectivity index (χ1v) is 9.79. The zero-order valence-electron chi connectivity index (χ0n) is 16.7. The second kappa shape index (κ2) is 10.7. The fraction of sp³-hybridized carbons (Fsp3) is 0.435. The highest BCUT2D eigenvalue weighted by Gasteiger charge is 2.33. The summed E-state index contributed by atoms with van der Waals surface area (Å²) in [5.41, 5.74) is 1.06. The largest absolute Gasteiger partial charge is 0.489 e. The van der Waals surface area contributed by atoms with Crippen LogP contribution in [0.3, 0.4) is 0 Å². The minimum atomic E-state index is -0.799. The molecule has 0 aliphatic rings. The van der Waals surface area contributed by atoms with Crippen LogP contribution in [0.4, 0.5) is 5.69 Å². The zero-order chi connectivity index (χ0) is 19.5. The van der Waals surface area contributed by atoms with Gasteiger partial charge in [0.25, 0.3) is 5.91 Å². The van der Waals surface area contributed by atoms with Gasteiger partial charge in [0, 0.05) is 12.3 Å². The molecule has 0 aliphatic heterocycles. The number of anilines is 1. The second-order valence-electron chi connectivity index (χ2n) is 6.87. The lowest BCUT2D eigenvalue weighted by Gasteiger charge is -2.28. The average molecular weight is 370 g/mol. The van der Waals surface area contributed by atoms with Crippen molar-refractivity contribution in [2.24, 2.45) is 0 Å². The normalized spacial score (nSPS) is 13.0. The summed E-state index contributed by atoms with van der Waals surface area (Å²) in [4.78, 5) is 12.7. The predicted octanol–water partition coefficient (Wildman–Crippen LogP) is 5.58. The van der Waals surface area contributed by atoms with Gasteiger partial charge in [-0.15, -0.1) is 0 Å². The molecule has 4 nitrogen and oxygen atoms in total. The molecule has 1 N–H and O–H groups in total. The fourth-order valence-corrected chi connectivity index (χ4v) is 2.92. The van der Waals surface area contributed by atoms with Crippen LogP contribution in [0.1, 0.15) is 52.0 Å². The third kappa shape index (κ3) is 6.72. The number of ether oxygens (including phenoxy) is 2. The number of unbranched alkanes of at least 4 members (excludes halogenated alkanes) is 2. The van der Waals surface area contributed by atoms with Crippen LogP contribution in [0.25, 0.3) is 0 Å². The van der Waals surface area contributed by atoms with Gasteiger partial charge in [0.15, 0.2) is 0 Å². The second-order valence-corrected chi connectivity index (χ2v) is 6.87. The lowest BCUT2D eigenvalue weighted by atomic mass is 9.96. The van der Waals surface area contributed by atoms with E-state index in [1.54, 1.807) is 0 Å². The van der Waals surface area contributed by atoms with Crippen LogP contribution < -0.4 is 10.1 Å². The maximum absolute atomic E-state index is 12.7. The maximum Gasteiger partial charge on any atom is 0.256 e. The molecule has 0 heterocycles. The first-order chi connectivity index (χ1) is 13.1. The highest BCUT2D eigenvalue weighted by molar-refractivity contribution is 5.97. The van der Waals surface area contributed by atoms with Crippen molar-refractivity contribution in [1.29, 1.82) is 0 Å². The van der Waals surface area contributed by atoms with E-state index < -0.39 is 5.60 Å². The average Bonchev–Trinajstić information content (AvgIpc) is 2.68. The molecular weight excluding hydrogens is 338 g/mol. The van der Waals surface area contributed by atoms with E-state index in [1.165, 1.54) is 0 Å². The molecule has 0 saturated heterocycles. The maximum atomic E-state index is 12.7. The van der Waals surface area contributed by atoms with Crippen LogP contribution in [0, 0.1) is 0 Å². The number of rotatable bonds is 11. The monoisotopic (exact) mass is 369 g/mol. The molecule has 2 aromatic carbocycles. The Hall–Kier alpha value is -2.33. The standard InChI is InChI=1S/C23H31NO3/c1-4-6-10-17-23(3,27-5-2)22(25)24-20-13-15-21(16-14-20)26-18-19-11-8-7-9-12-19/h7-9,11-16H,4-6,10,17-18H2,1-3H3,(H,24,25)/t23-/m1/s1. The first kappa shape index (κ1) is 21.0. The van der Waals surface area contributed by atoms with Gasteiger partial charge in [-0.3, -0.25) is 4.79 Å². The van der Waals surface area contributed by atoms with Gasteiger partial charge >= 0.3 is 0 Å². The molecule has 0 aliphatic carbocycles. The van der Waals surface area contributed by atoms with Crippen molar-refractivity contribution < 1.29 is 14.3 Å². The van der Waals surface area contributed by atoms with Gasteiger partial charge in [-0.2, -0.15) is 0 Å². The number of hydrogen-bond acceptors (Lipinski definition) is 3. The molecule has 1 amide bonds. The minimum absolute atomic E-state index is 0.0987. The van der Waals surface area contributed by atoms with Crippen molar-refractivity contribution in [2.75, 3.05) is 11.9 Å². The van der Waals surface area contributed by atoms with Crippen LogP contribution >= 0.6 is 0 Å². The molecule has 1 atom stereocenters. The van der Waals surface area contributed by atoms with Gasteiger partial charge in [0.1, 0.15) is 18.0 Å². The van der Waals surface area contributed by atoms with Crippen LogP contribution in [-0.4, -0.2) is 18.1 Å². The smallest absolute Gasteiger partial charge is 0.256 e. The lowest BCUT2D eigenvalue weighted by Crippen LogP contribution is -2.42. The topological polar surface area (TPSA) is 47.6 Å². The highest BCUT2D eigenvalue weighted by Crippen LogP contribution is 2.23. The molecule has 0 aromatic heterocycles. The molecule has 146 valence electrons. The minimum Gasteiger partial charge on any atom is -0.489 e. The van der Waals surface area contributed by atoms with Crippen molar-refractivity contribution in [2.45, 2.75) is 58.7 Å². The summed E-state index contributed by atoms with van der Waals surface area (Å²) in [6, 6.07) is 17.5. The Kier molecular flexibility index (Phi) is 8.34. The van der Waals surface area contributed by atoms with Crippen molar-refractivity contribution in [3.05, 3.63) is 60.2 Å². The Balaban J connectivity index is 1.92. The van der Waals surface area contributed by atoms with E-state index in [2.05, 4.69) is 12.2 Å². The molecule has 4 heteroatoms. The molecule has 0 bridgehead atoms. The van der Waals surface area contributed by atoms with Crippen LogP contribution in [0.5, 0.6) is 5.75 Å². The number of carbonyl (C=O) groups excluding carboxylic acids is 1. The third-order valence-electron chi connectivity index (χ3n) is 4.56. The summed E-state index contributed by atoms with van der Waals surface area (Å²) in [5.74, 6) is 0.672. The van der Waals surface area contributed by atoms with Gasteiger partial charge in [-0.05, 0) is 50.1 Å². The number of carbonyl (C=O) groups is 1. The Labute approximate surface area is 162 Å². The van der Waals surface area contributed by atoms with E-state index in [0.29, 0.717) is 13.2 Å². The summed E-state index contributed by atoms with van der Waals surface area (Å²) in [6.07, 6.45) is 3.92. The number of amides is 1. The summed E-state index contributed by atoms with van der Waals surface area (Å²) in [7, 11) is 0. The van der Waals surface area contributed by atoms with Gasteiger partial charge in [-0.25, -0.2) is 0 Å². The van der Waals surface area contributed by atoms with E-state index >= 15 is 0 Å². The molecule has 27 heavy (non-hydrogen) atoms. The van der Waals surface area contributed by atoms with Crippen molar-refractivity contribution in [3.63, 3.8) is 0 Å². The van der Waals surface area contributed by atoms with Crippen LogP contribution in [-0.2, 0) is 16.1 Å². The number of nitrogens with one attached hydrogen (secondary N) is 1. The summed E-state index contributed by atoms with van der Waals surface area (Å²) in [5, 5.41) is 2.98. The first-order valence-electron chi connectivity index (χ1n) is 9.79. The van der Waals surface area contributed by atoms with E-state index in [9.17, 15) is 4.79 Å². The van der Waals surface area contributed by atoms with E-state index in [1.807, 2.05) is 68.4 Å². The molecule has 0 spiro atoms. The number of hydrogen-bond donors (Lipinski definition) is 1. The van der Waals surface area contributed by atoms with Gasteiger partial charge < -0.3 is 14.8 Å². The van der Waals surface area contributed by atoms with Crippen LogP contribution in [0.2, 0.25) is 0 Å². The van der Waals surface area contributed by atoms with Gasteiger partial charge in [0.05, 0.1) is 0 Å². The summed E-state index contributed by atoms with van der Waals surface area (Å²) in [6.45, 7) is 6.98. The molecule has 2 aromatic rings. The van der Waals surface area contributed by atoms with Crippen molar-refractivity contribution >= 4 is 11.6 Å². The Morgan fingerprint density at radius 2 is 1.70 bits per heavy atom. The summed E-state index contributed by atoms with van der Waals surface area (Å²) < 4.78 is 11.6. The number of benzene rings is 2. The fourth-order valence-electron chi connectivity index (χ4n) is 2.92. The molecule has 0 fully saturated rings. The Bertz CT molecular complexity index is 685. The summed E-state index contributed by atoms with van der Waals surface area (Å²) >= 11 is 0. The molecule has 0 unspecified atom stereocenters.